The van der Waals surface area contributed by atoms with Crippen molar-refractivity contribution in [3.8, 4) is 0 Å². The molecular weight excluding hydrogens is 291 g/mol. The summed E-state index contributed by atoms with van der Waals surface area (Å²) in [6, 6.07) is 7.76. The molecule has 1 aliphatic heterocycles. The van der Waals surface area contributed by atoms with Crippen LogP contribution in [-0.2, 0) is 9.31 Å². The second-order valence-electron chi connectivity index (χ2n) is 6.94. The van der Waals surface area contributed by atoms with Crippen LogP contribution in [0.15, 0.2) is 24.3 Å². The average Bonchev–Trinajstić information content (AvgIpc) is 2.98. The minimum absolute atomic E-state index is 0.108. The molecule has 0 bridgehead atoms. The van der Waals surface area contributed by atoms with Crippen molar-refractivity contribution in [2.75, 3.05) is 6.54 Å². The van der Waals surface area contributed by atoms with Gasteiger partial charge in [0, 0.05) is 17.5 Å². The van der Waals surface area contributed by atoms with Crippen LogP contribution in [0.25, 0.3) is 10.9 Å². The number of amides is 1. The summed E-state index contributed by atoms with van der Waals surface area (Å²) in [7, 11) is -0.454. The number of carbonyl (C=O) groups is 1. The summed E-state index contributed by atoms with van der Waals surface area (Å²) in [5.74, 6) is -0.108. The van der Waals surface area contributed by atoms with E-state index in [0.29, 0.717) is 12.2 Å². The Morgan fingerprint density at radius 3 is 2.48 bits per heavy atom. The van der Waals surface area contributed by atoms with Crippen molar-refractivity contribution in [3.63, 3.8) is 0 Å². The molecule has 2 heterocycles. The first-order chi connectivity index (χ1) is 10.7. The van der Waals surface area contributed by atoms with Crippen LogP contribution < -0.4 is 10.8 Å². The van der Waals surface area contributed by atoms with E-state index >= 15 is 0 Å². The number of H-pyrrole nitrogens is 1. The van der Waals surface area contributed by atoms with E-state index in [-0.39, 0.29) is 5.91 Å². The molecule has 0 saturated carbocycles. The lowest BCUT2D eigenvalue weighted by Gasteiger charge is -2.32. The molecule has 0 radical (unpaired) electrons. The summed E-state index contributed by atoms with van der Waals surface area (Å²) in [6.45, 7) is 10.6. The zero-order valence-electron chi connectivity index (χ0n) is 14.3. The molecule has 1 fully saturated rings. The van der Waals surface area contributed by atoms with Gasteiger partial charge >= 0.3 is 7.12 Å². The molecule has 0 aliphatic carbocycles. The zero-order chi connectivity index (χ0) is 16.8. The molecule has 5 nitrogen and oxygen atoms in total. The Kier molecular flexibility index (Phi) is 3.77. The van der Waals surface area contributed by atoms with Gasteiger partial charge < -0.3 is 19.6 Å². The zero-order valence-corrected chi connectivity index (χ0v) is 14.3. The highest BCUT2D eigenvalue weighted by Gasteiger charge is 2.52. The Hall–Kier alpha value is -1.79. The highest BCUT2D eigenvalue weighted by Crippen LogP contribution is 2.36. The van der Waals surface area contributed by atoms with E-state index in [4.69, 9.17) is 9.31 Å². The van der Waals surface area contributed by atoms with Crippen molar-refractivity contribution in [1.82, 2.24) is 10.3 Å². The lowest BCUT2D eigenvalue weighted by atomic mass is 9.78. The van der Waals surface area contributed by atoms with E-state index in [2.05, 4.69) is 10.3 Å². The minimum atomic E-state index is -0.454. The Labute approximate surface area is 136 Å². The lowest BCUT2D eigenvalue weighted by Crippen LogP contribution is -2.41. The summed E-state index contributed by atoms with van der Waals surface area (Å²) in [5, 5.41) is 3.78. The summed E-state index contributed by atoms with van der Waals surface area (Å²) >= 11 is 0. The van der Waals surface area contributed by atoms with E-state index in [9.17, 15) is 4.79 Å². The molecule has 0 spiro atoms. The quantitative estimate of drug-likeness (QED) is 0.854. The van der Waals surface area contributed by atoms with Crippen molar-refractivity contribution >= 4 is 29.4 Å². The molecule has 1 aromatic heterocycles. The number of hydrogen-bond donors (Lipinski definition) is 2. The van der Waals surface area contributed by atoms with Gasteiger partial charge in [-0.05, 0) is 46.1 Å². The van der Waals surface area contributed by atoms with E-state index in [1.165, 1.54) is 0 Å². The van der Waals surface area contributed by atoms with Crippen LogP contribution in [0.4, 0.5) is 0 Å². The number of carbonyl (C=O) groups excluding carboxylic acids is 1. The monoisotopic (exact) mass is 314 g/mol. The Balaban J connectivity index is 2.01. The highest BCUT2D eigenvalue weighted by molar-refractivity contribution is 6.65. The SMILES string of the molecule is CCNC(=O)c1cc2cccc(B3OC(C)(C)C(C)(C)O3)c2[nH]1. The fourth-order valence-corrected chi connectivity index (χ4v) is 2.72. The molecule has 0 unspecified atom stereocenters. The van der Waals surface area contributed by atoms with Crippen LogP contribution in [0.3, 0.4) is 0 Å². The minimum Gasteiger partial charge on any atom is -0.399 e. The predicted octanol–water partition coefficient (Wildman–Crippen LogP) is 2.22. The van der Waals surface area contributed by atoms with Gasteiger partial charge in [0.25, 0.3) is 5.91 Å². The molecule has 122 valence electrons. The van der Waals surface area contributed by atoms with Gasteiger partial charge in [-0.25, -0.2) is 0 Å². The van der Waals surface area contributed by atoms with Crippen LogP contribution in [0.2, 0.25) is 0 Å². The van der Waals surface area contributed by atoms with Gasteiger partial charge in [0.05, 0.1) is 11.2 Å². The normalized spacial score (nSPS) is 19.3. The van der Waals surface area contributed by atoms with Crippen LogP contribution in [0.5, 0.6) is 0 Å². The maximum absolute atomic E-state index is 12.0. The number of rotatable bonds is 3. The maximum Gasteiger partial charge on any atom is 0.497 e. The summed E-state index contributed by atoms with van der Waals surface area (Å²) < 4.78 is 12.3. The average molecular weight is 314 g/mol. The maximum atomic E-state index is 12.0. The van der Waals surface area contributed by atoms with Gasteiger partial charge in [0.2, 0.25) is 0 Å². The number of aromatic nitrogens is 1. The third kappa shape index (κ3) is 2.66. The molecule has 1 aliphatic rings. The van der Waals surface area contributed by atoms with Crippen LogP contribution in [-0.4, -0.2) is 35.8 Å². The molecule has 1 amide bonds. The van der Waals surface area contributed by atoms with Gasteiger partial charge in [-0.2, -0.15) is 0 Å². The van der Waals surface area contributed by atoms with Gasteiger partial charge in [-0.3, -0.25) is 4.79 Å². The fraction of sp³-hybridized carbons (Fsp3) is 0.471. The van der Waals surface area contributed by atoms with Crippen LogP contribution in [0, 0.1) is 0 Å². The first kappa shape index (κ1) is 16.1. The molecule has 23 heavy (non-hydrogen) atoms. The molecule has 2 aromatic rings. The number of aromatic amines is 1. The fourth-order valence-electron chi connectivity index (χ4n) is 2.72. The molecular formula is C17H23BN2O3. The largest absolute Gasteiger partial charge is 0.497 e. The Bertz CT molecular complexity index is 735. The van der Waals surface area contributed by atoms with Crippen molar-refractivity contribution in [2.24, 2.45) is 0 Å². The number of benzene rings is 1. The van der Waals surface area contributed by atoms with Crippen molar-refractivity contribution in [2.45, 2.75) is 45.8 Å². The third-order valence-corrected chi connectivity index (χ3v) is 4.78. The van der Waals surface area contributed by atoms with Crippen LogP contribution in [0.1, 0.15) is 45.1 Å². The summed E-state index contributed by atoms with van der Waals surface area (Å²) in [4.78, 5) is 15.3. The van der Waals surface area contributed by atoms with E-state index < -0.39 is 18.3 Å². The molecule has 2 N–H and O–H groups in total. The molecule has 1 saturated heterocycles. The number of hydrogen-bond acceptors (Lipinski definition) is 3. The van der Waals surface area contributed by atoms with Crippen molar-refractivity contribution in [1.29, 1.82) is 0 Å². The predicted molar refractivity (Wildman–Crippen MR) is 92.0 cm³/mol. The number of para-hydroxylation sites is 1. The third-order valence-electron chi connectivity index (χ3n) is 4.78. The standard InChI is InChI=1S/C17H23BN2O3/c1-6-19-15(21)13-10-11-8-7-9-12(14(11)20-13)18-22-16(2,3)17(4,5)23-18/h7-10,20H,6H2,1-5H3,(H,19,21). The lowest BCUT2D eigenvalue weighted by molar-refractivity contribution is 0.00578. The smallest absolute Gasteiger partial charge is 0.399 e. The topological polar surface area (TPSA) is 63.4 Å². The summed E-state index contributed by atoms with van der Waals surface area (Å²) in [6.07, 6.45) is 0. The van der Waals surface area contributed by atoms with Gasteiger partial charge in [0.15, 0.2) is 0 Å². The number of nitrogens with one attached hydrogen (secondary N) is 2. The summed E-state index contributed by atoms with van der Waals surface area (Å²) in [5.41, 5.74) is 1.55. The Morgan fingerprint density at radius 2 is 1.87 bits per heavy atom. The second kappa shape index (κ2) is 5.39. The first-order valence-corrected chi connectivity index (χ1v) is 8.00. The number of fused-ring (bicyclic) bond motifs is 1. The van der Waals surface area contributed by atoms with E-state index in [1.807, 2.05) is 58.9 Å². The molecule has 3 rings (SSSR count). The molecule has 0 atom stereocenters. The first-order valence-electron chi connectivity index (χ1n) is 8.00. The van der Waals surface area contributed by atoms with Gasteiger partial charge in [0.1, 0.15) is 5.69 Å². The van der Waals surface area contributed by atoms with Crippen LogP contribution >= 0.6 is 0 Å². The van der Waals surface area contributed by atoms with Gasteiger partial charge in [-0.1, -0.05) is 18.2 Å². The van der Waals surface area contributed by atoms with Crippen molar-refractivity contribution in [3.05, 3.63) is 30.0 Å². The van der Waals surface area contributed by atoms with Gasteiger partial charge in [-0.15, -0.1) is 0 Å². The van der Waals surface area contributed by atoms with E-state index in [1.54, 1.807) is 0 Å². The highest BCUT2D eigenvalue weighted by atomic mass is 16.7. The Morgan fingerprint density at radius 1 is 1.22 bits per heavy atom. The molecule has 1 aromatic carbocycles. The van der Waals surface area contributed by atoms with E-state index in [0.717, 1.165) is 16.4 Å². The second-order valence-corrected chi connectivity index (χ2v) is 6.94. The molecule has 6 heteroatoms. The van der Waals surface area contributed by atoms with Crippen molar-refractivity contribution < 1.29 is 14.1 Å².